The van der Waals surface area contributed by atoms with Gasteiger partial charge >= 0.3 is 0 Å². The lowest BCUT2D eigenvalue weighted by Gasteiger charge is -2.32. The quantitative estimate of drug-likeness (QED) is 0.299. The molecule has 0 spiro atoms. The van der Waals surface area contributed by atoms with Gasteiger partial charge in [-0.1, -0.05) is 49.2 Å². The van der Waals surface area contributed by atoms with Gasteiger partial charge in [0, 0.05) is 42.5 Å². The van der Waals surface area contributed by atoms with Gasteiger partial charge in [0.15, 0.2) is 17.3 Å². The highest BCUT2D eigenvalue weighted by Crippen LogP contribution is 2.37. The summed E-state index contributed by atoms with van der Waals surface area (Å²) >= 11 is 0. The third kappa shape index (κ3) is 5.18. The Bertz CT molecular complexity index is 1660. The Kier molecular flexibility index (Phi) is 6.90. The van der Waals surface area contributed by atoms with Crippen LogP contribution in [0.3, 0.4) is 0 Å². The zero-order valence-electron chi connectivity index (χ0n) is 22.6. The molecule has 1 aliphatic heterocycles. The first-order valence-electron chi connectivity index (χ1n) is 14.1. The van der Waals surface area contributed by atoms with E-state index in [1.807, 2.05) is 53.3 Å². The van der Waals surface area contributed by atoms with Crippen LogP contribution >= 0.6 is 0 Å². The second-order valence-corrected chi connectivity index (χ2v) is 10.7. The summed E-state index contributed by atoms with van der Waals surface area (Å²) in [7, 11) is 0. The monoisotopic (exact) mass is 549 g/mol. The summed E-state index contributed by atoms with van der Waals surface area (Å²) in [6.45, 7) is 2.10. The number of nitrogens with zero attached hydrogens (tertiary/aromatic N) is 6. The first-order valence-corrected chi connectivity index (χ1v) is 14.1. The van der Waals surface area contributed by atoms with Crippen molar-refractivity contribution >= 4 is 10.9 Å². The van der Waals surface area contributed by atoms with Gasteiger partial charge in [-0.05, 0) is 52.6 Å². The summed E-state index contributed by atoms with van der Waals surface area (Å²) in [5, 5.41) is 14.0. The number of ether oxygens (including phenoxy) is 2. The van der Waals surface area contributed by atoms with Crippen LogP contribution in [0.2, 0.25) is 0 Å². The number of tetrazole rings is 1. The first-order chi connectivity index (χ1) is 20.2. The number of nitrogens with one attached hydrogen (secondary N) is 1. The maximum absolute atomic E-state index is 13.9. The van der Waals surface area contributed by atoms with Crippen LogP contribution in [-0.4, -0.2) is 48.3 Å². The molecule has 0 bridgehead atoms. The van der Waals surface area contributed by atoms with Crippen LogP contribution in [0.15, 0.2) is 77.9 Å². The summed E-state index contributed by atoms with van der Waals surface area (Å²) < 4.78 is 13.6. The molecule has 5 aromatic rings. The van der Waals surface area contributed by atoms with E-state index in [4.69, 9.17) is 9.47 Å². The lowest BCUT2D eigenvalue weighted by molar-refractivity contribution is 0.172. The fourth-order valence-electron chi connectivity index (χ4n) is 6.03. The van der Waals surface area contributed by atoms with Crippen molar-refractivity contribution in [2.24, 2.45) is 0 Å². The Hall–Kier alpha value is -4.57. The number of benzene rings is 2. The number of hydrogen-bond acceptors (Lipinski definition) is 8. The predicted molar refractivity (Wildman–Crippen MR) is 153 cm³/mol. The number of rotatable bonds is 8. The van der Waals surface area contributed by atoms with E-state index in [2.05, 4.69) is 48.6 Å². The van der Waals surface area contributed by atoms with E-state index in [0.29, 0.717) is 54.7 Å². The maximum Gasteiger partial charge on any atom is 0.253 e. The van der Waals surface area contributed by atoms with Gasteiger partial charge in [-0.15, -0.1) is 5.10 Å². The molecular weight excluding hydrogens is 518 g/mol. The van der Waals surface area contributed by atoms with Gasteiger partial charge < -0.3 is 14.5 Å². The molecule has 0 unspecified atom stereocenters. The van der Waals surface area contributed by atoms with Crippen LogP contribution in [0.5, 0.6) is 11.5 Å². The Labute approximate surface area is 236 Å². The van der Waals surface area contributed by atoms with Crippen molar-refractivity contribution in [1.29, 1.82) is 0 Å². The average molecular weight is 550 g/mol. The molecule has 1 fully saturated rings. The number of hydrogen-bond donors (Lipinski definition) is 1. The van der Waals surface area contributed by atoms with Crippen molar-refractivity contribution in [2.45, 2.75) is 50.9 Å². The van der Waals surface area contributed by atoms with Crippen molar-refractivity contribution in [1.82, 2.24) is 35.1 Å². The molecule has 0 radical (unpaired) electrons. The molecule has 1 aliphatic carbocycles. The van der Waals surface area contributed by atoms with Crippen molar-refractivity contribution in [3.8, 4) is 11.5 Å². The number of H-pyrrole nitrogens is 1. The summed E-state index contributed by atoms with van der Waals surface area (Å²) in [5.41, 5.74) is 3.23. The molecule has 1 saturated carbocycles. The van der Waals surface area contributed by atoms with Crippen molar-refractivity contribution in [3.05, 3.63) is 106 Å². The fourth-order valence-corrected chi connectivity index (χ4v) is 6.03. The minimum atomic E-state index is -0.521. The standard InChI is InChI=1S/C31H31N7O3/c39-31-25(15-23-16-27-28(17-26(23)33-31)41-14-13-40-27)29(30-34-35-36-38(30)24-10-4-5-11-24)37(19-21-7-2-1-3-8-21)20-22-9-6-12-32-18-22/h1-3,6-9,12,15-18,24,29H,4-5,10-11,13-14,19-20H2,(H,33,39)/t29-/m0/s1. The van der Waals surface area contributed by atoms with Crippen LogP contribution in [0.4, 0.5) is 0 Å². The maximum atomic E-state index is 13.9. The first kappa shape index (κ1) is 25.4. The summed E-state index contributed by atoms with van der Waals surface area (Å²) in [6, 6.07) is 19.7. The second kappa shape index (κ2) is 11.1. The average Bonchev–Trinajstić information content (AvgIpc) is 3.70. The zero-order chi connectivity index (χ0) is 27.6. The van der Waals surface area contributed by atoms with Gasteiger partial charge in [0.05, 0.1) is 11.6 Å². The van der Waals surface area contributed by atoms with Gasteiger partial charge in [0.2, 0.25) is 0 Å². The van der Waals surface area contributed by atoms with Crippen LogP contribution in [0.1, 0.15) is 60.3 Å². The minimum Gasteiger partial charge on any atom is -0.486 e. The van der Waals surface area contributed by atoms with E-state index in [-0.39, 0.29) is 11.6 Å². The molecule has 2 aliphatic rings. The number of pyridine rings is 2. The van der Waals surface area contributed by atoms with E-state index >= 15 is 0 Å². The lowest BCUT2D eigenvalue weighted by Crippen LogP contribution is -2.35. The van der Waals surface area contributed by atoms with Gasteiger partial charge in [0.25, 0.3) is 5.56 Å². The van der Waals surface area contributed by atoms with Gasteiger partial charge in [-0.25, -0.2) is 4.68 Å². The highest BCUT2D eigenvalue weighted by Gasteiger charge is 2.33. The Morgan fingerprint density at radius 3 is 2.49 bits per heavy atom. The number of aromatic nitrogens is 6. The molecule has 2 aromatic carbocycles. The van der Waals surface area contributed by atoms with Crippen LogP contribution in [-0.2, 0) is 13.1 Å². The van der Waals surface area contributed by atoms with Gasteiger partial charge in [-0.3, -0.25) is 14.7 Å². The molecule has 7 rings (SSSR count). The second-order valence-electron chi connectivity index (χ2n) is 10.7. The van der Waals surface area contributed by atoms with Crippen molar-refractivity contribution in [3.63, 3.8) is 0 Å². The van der Waals surface area contributed by atoms with Crippen LogP contribution in [0, 0.1) is 0 Å². The van der Waals surface area contributed by atoms with E-state index < -0.39 is 6.04 Å². The van der Waals surface area contributed by atoms with E-state index in [0.717, 1.165) is 42.2 Å². The van der Waals surface area contributed by atoms with E-state index in [1.54, 1.807) is 6.20 Å². The topological polar surface area (TPSA) is 111 Å². The number of aromatic amines is 1. The van der Waals surface area contributed by atoms with Crippen LogP contribution < -0.4 is 15.0 Å². The Morgan fingerprint density at radius 2 is 1.71 bits per heavy atom. The number of fused-ring (bicyclic) bond motifs is 2. The lowest BCUT2D eigenvalue weighted by atomic mass is 10.0. The molecule has 1 N–H and O–H groups in total. The van der Waals surface area contributed by atoms with E-state index in [1.165, 1.54) is 0 Å². The van der Waals surface area contributed by atoms with Gasteiger partial charge in [0.1, 0.15) is 19.3 Å². The Morgan fingerprint density at radius 1 is 0.951 bits per heavy atom. The smallest absolute Gasteiger partial charge is 0.253 e. The summed E-state index contributed by atoms with van der Waals surface area (Å²) in [4.78, 5) is 23.7. The Balaban J connectivity index is 1.40. The molecule has 1 atom stereocenters. The third-order valence-electron chi connectivity index (χ3n) is 7.97. The largest absolute Gasteiger partial charge is 0.486 e. The minimum absolute atomic E-state index is 0.190. The molecule has 41 heavy (non-hydrogen) atoms. The predicted octanol–water partition coefficient (Wildman–Crippen LogP) is 4.59. The molecule has 10 heteroatoms. The molecule has 208 valence electrons. The zero-order valence-corrected chi connectivity index (χ0v) is 22.6. The molecule has 3 aromatic heterocycles. The normalized spacial score (nSPS) is 15.9. The SMILES string of the molecule is O=c1[nH]c2cc3c(cc2cc1[C@@H](c1nnnn1C1CCCC1)N(Cc1ccccc1)Cc1cccnc1)OCCO3. The van der Waals surface area contributed by atoms with Crippen molar-refractivity contribution in [2.75, 3.05) is 13.2 Å². The molecule has 0 saturated heterocycles. The summed E-state index contributed by atoms with van der Waals surface area (Å²) in [6.07, 6.45) is 7.95. The molecule has 10 nitrogen and oxygen atoms in total. The molecular formula is C31H31N7O3. The summed E-state index contributed by atoms with van der Waals surface area (Å²) in [5.74, 6) is 1.97. The fraction of sp³-hybridized carbons (Fsp3) is 0.323. The molecule has 4 heterocycles. The van der Waals surface area contributed by atoms with Crippen molar-refractivity contribution < 1.29 is 9.47 Å². The highest BCUT2D eigenvalue weighted by atomic mass is 16.6. The van der Waals surface area contributed by atoms with Gasteiger partial charge in [-0.2, -0.15) is 0 Å². The van der Waals surface area contributed by atoms with E-state index in [9.17, 15) is 4.79 Å². The van der Waals surface area contributed by atoms with Crippen LogP contribution in [0.25, 0.3) is 10.9 Å². The highest BCUT2D eigenvalue weighted by molar-refractivity contribution is 5.83. The molecule has 0 amide bonds. The third-order valence-corrected chi connectivity index (χ3v) is 7.97.